The van der Waals surface area contributed by atoms with Crippen molar-refractivity contribution in [2.24, 2.45) is 4.99 Å². The van der Waals surface area contributed by atoms with Crippen molar-refractivity contribution >= 4 is 29.9 Å². The van der Waals surface area contributed by atoms with Gasteiger partial charge >= 0.3 is 6.18 Å². The van der Waals surface area contributed by atoms with Crippen LogP contribution >= 0.6 is 24.0 Å². The van der Waals surface area contributed by atoms with Gasteiger partial charge in [-0.1, -0.05) is 6.07 Å². The summed E-state index contributed by atoms with van der Waals surface area (Å²) in [5, 5.41) is 6.25. The molecule has 26 heavy (non-hydrogen) atoms. The summed E-state index contributed by atoms with van der Waals surface area (Å²) in [6.07, 6.45) is -2.33. The molecule has 0 bridgehead atoms. The van der Waals surface area contributed by atoms with Gasteiger partial charge < -0.3 is 20.1 Å². The lowest BCUT2D eigenvalue weighted by Gasteiger charge is -2.24. The number of alkyl halides is 3. The molecule has 1 atom stereocenters. The number of nitrogens with zero attached hydrogens (tertiary/aromatic N) is 1. The van der Waals surface area contributed by atoms with Crippen molar-refractivity contribution in [3.63, 3.8) is 0 Å². The predicted octanol–water partition coefficient (Wildman–Crippen LogP) is 3.44. The van der Waals surface area contributed by atoms with Crippen LogP contribution < -0.4 is 15.4 Å². The second-order valence-corrected chi connectivity index (χ2v) is 6.13. The maximum absolute atomic E-state index is 12.6. The Morgan fingerprint density at radius 3 is 2.73 bits per heavy atom. The van der Waals surface area contributed by atoms with Gasteiger partial charge in [0.1, 0.15) is 12.4 Å². The van der Waals surface area contributed by atoms with E-state index in [0.717, 1.165) is 31.6 Å². The van der Waals surface area contributed by atoms with Crippen LogP contribution in [0.1, 0.15) is 25.3 Å². The summed E-state index contributed by atoms with van der Waals surface area (Å²) >= 11 is 0. The molecule has 0 amide bonds. The molecule has 148 valence electrons. The van der Waals surface area contributed by atoms with Crippen LogP contribution in [-0.2, 0) is 10.9 Å². The van der Waals surface area contributed by atoms with Gasteiger partial charge in [0.2, 0.25) is 0 Å². The highest BCUT2D eigenvalue weighted by molar-refractivity contribution is 14.0. The van der Waals surface area contributed by atoms with Gasteiger partial charge in [0, 0.05) is 20.2 Å². The van der Waals surface area contributed by atoms with Gasteiger partial charge in [0.15, 0.2) is 5.96 Å². The first-order valence-electron chi connectivity index (χ1n) is 8.21. The molecule has 1 aliphatic heterocycles. The third kappa shape index (κ3) is 7.18. The van der Waals surface area contributed by atoms with E-state index >= 15 is 0 Å². The number of hydrogen-bond acceptors (Lipinski definition) is 3. The van der Waals surface area contributed by atoms with Crippen molar-refractivity contribution in [2.75, 3.05) is 33.4 Å². The number of nitrogens with one attached hydrogen (secondary N) is 2. The van der Waals surface area contributed by atoms with E-state index in [9.17, 15) is 13.2 Å². The van der Waals surface area contributed by atoms with E-state index in [-0.39, 0.29) is 41.9 Å². The summed E-state index contributed by atoms with van der Waals surface area (Å²) < 4.78 is 49.0. The fraction of sp³-hybridized carbons (Fsp3) is 0.588. The minimum atomic E-state index is -4.37. The average molecular weight is 487 g/mol. The average Bonchev–Trinajstić information content (AvgIpc) is 3.01. The van der Waals surface area contributed by atoms with Crippen LogP contribution in [0.15, 0.2) is 29.3 Å². The molecule has 1 aliphatic rings. The fourth-order valence-electron chi connectivity index (χ4n) is 2.57. The van der Waals surface area contributed by atoms with Crippen molar-refractivity contribution in [3.05, 3.63) is 29.8 Å². The van der Waals surface area contributed by atoms with Crippen LogP contribution in [0.2, 0.25) is 0 Å². The molecular formula is C17H25F3IN3O2. The van der Waals surface area contributed by atoms with Gasteiger partial charge in [-0.25, -0.2) is 0 Å². The Hall–Kier alpha value is -1.23. The maximum atomic E-state index is 12.6. The Labute approximate surface area is 168 Å². The van der Waals surface area contributed by atoms with E-state index in [2.05, 4.69) is 22.5 Å². The number of ether oxygens (including phenoxy) is 2. The molecule has 5 nitrogen and oxygen atoms in total. The van der Waals surface area contributed by atoms with Crippen LogP contribution in [0.25, 0.3) is 0 Å². The second-order valence-electron chi connectivity index (χ2n) is 6.13. The van der Waals surface area contributed by atoms with Crippen LogP contribution in [0.5, 0.6) is 5.75 Å². The highest BCUT2D eigenvalue weighted by Gasteiger charge is 2.31. The summed E-state index contributed by atoms with van der Waals surface area (Å²) in [5.41, 5.74) is -0.910. The third-order valence-electron chi connectivity index (χ3n) is 3.98. The standard InChI is InChI=1S/C17H24F3N3O2.HI/c1-16(7-4-9-25-16)12-23-15(21-2)22-8-10-24-14-6-3-5-13(11-14)17(18,19)20;/h3,5-6,11H,4,7-10,12H2,1-2H3,(H2,21,22,23);1H. The van der Waals surface area contributed by atoms with E-state index in [4.69, 9.17) is 9.47 Å². The highest BCUT2D eigenvalue weighted by atomic mass is 127. The largest absolute Gasteiger partial charge is 0.492 e. The van der Waals surface area contributed by atoms with Crippen molar-refractivity contribution < 1.29 is 22.6 Å². The first-order chi connectivity index (χ1) is 11.8. The molecule has 1 fully saturated rings. The Balaban J connectivity index is 0.00000338. The summed E-state index contributed by atoms with van der Waals surface area (Å²) in [7, 11) is 1.65. The van der Waals surface area contributed by atoms with E-state index in [1.807, 2.05) is 0 Å². The molecule has 1 heterocycles. The first-order valence-corrected chi connectivity index (χ1v) is 8.21. The molecule has 2 N–H and O–H groups in total. The zero-order valence-corrected chi connectivity index (χ0v) is 17.2. The topological polar surface area (TPSA) is 54.9 Å². The van der Waals surface area contributed by atoms with Gasteiger partial charge in [-0.05, 0) is 38.0 Å². The Morgan fingerprint density at radius 2 is 2.12 bits per heavy atom. The van der Waals surface area contributed by atoms with Crippen molar-refractivity contribution in [2.45, 2.75) is 31.5 Å². The van der Waals surface area contributed by atoms with Crippen molar-refractivity contribution in [1.29, 1.82) is 0 Å². The van der Waals surface area contributed by atoms with Crippen molar-refractivity contribution in [3.8, 4) is 5.75 Å². The van der Waals surface area contributed by atoms with E-state index in [1.165, 1.54) is 12.1 Å². The van der Waals surface area contributed by atoms with Gasteiger partial charge in [-0.2, -0.15) is 13.2 Å². The maximum Gasteiger partial charge on any atom is 0.416 e. The number of aliphatic imine (C=N–C) groups is 1. The minimum absolute atomic E-state index is 0. The summed E-state index contributed by atoms with van der Waals surface area (Å²) in [4.78, 5) is 4.11. The lowest BCUT2D eigenvalue weighted by molar-refractivity contribution is -0.137. The molecular weight excluding hydrogens is 462 g/mol. The zero-order valence-electron chi connectivity index (χ0n) is 14.9. The van der Waals surface area contributed by atoms with Gasteiger partial charge in [0.05, 0.1) is 17.7 Å². The molecule has 1 aromatic carbocycles. The monoisotopic (exact) mass is 487 g/mol. The number of hydrogen-bond donors (Lipinski definition) is 2. The van der Waals surface area contributed by atoms with Crippen LogP contribution in [0, 0.1) is 0 Å². The Bertz CT molecular complexity index is 591. The summed E-state index contributed by atoms with van der Waals surface area (Å²) in [6.45, 7) is 4.09. The Morgan fingerprint density at radius 1 is 1.35 bits per heavy atom. The quantitative estimate of drug-likeness (QED) is 0.280. The van der Waals surface area contributed by atoms with Gasteiger partial charge in [-0.15, -0.1) is 24.0 Å². The molecule has 1 saturated heterocycles. The Kier molecular flexibility index (Phi) is 8.94. The smallest absolute Gasteiger partial charge is 0.416 e. The molecule has 0 saturated carbocycles. The molecule has 2 rings (SSSR count). The molecule has 0 aromatic heterocycles. The summed E-state index contributed by atoms with van der Waals surface area (Å²) in [6, 6.07) is 4.84. The second kappa shape index (κ2) is 10.2. The number of guanidine groups is 1. The highest BCUT2D eigenvalue weighted by Crippen LogP contribution is 2.31. The zero-order chi connectivity index (χ0) is 18.3. The van der Waals surface area contributed by atoms with Gasteiger partial charge in [-0.3, -0.25) is 4.99 Å². The van der Waals surface area contributed by atoms with E-state index < -0.39 is 11.7 Å². The van der Waals surface area contributed by atoms with Crippen molar-refractivity contribution in [1.82, 2.24) is 10.6 Å². The molecule has 0 radical (unpaired) electrons. The van der Waals surface area contributed by atoms with Gasteiger partial charge in [0.25, 0.3) is 0 Å². The minimum Gasteiger partial charge on any atom is -0.492 e. The third-order valence-corrected chi connectivity index (χ3v) is 3.98. The summed E-state index contributed by atoms with van der Waals surface area (Å²) in [5.74, 6) is 0.788. The lowest BCUT2D eigenvalue weighted by Crippen LogP contribution is -2.46. The van der Waals surface area contributed by atoms with Crippen LogP contribution in [0.3, 0.4) is 0 Å². The number of benzene rings is 1. The van der Waals surface area contributed by atoms with Crippen LogP contribution in [-0.4, -0.2) is 44.9 Å². The molecule has 1 unspecified atom stereocenters. The van der Waals surface area contributed by atoms with E-state index in [0.29, 0.717) is 19.0 Å². The molecule has 0 aliphatic carbocycles. The van der Waals surface area contributed by atoms with E-state index in [1.54, 1.807) is 7.05 Å². The molecule has 1 aromatic rings. The normalized spacial score (nSPS) is 20.4. The number of rotatable bonds is 6. The molecule has 9 heteroatoms. The SMILES string of the molecule is CN=C(NCCOc1cccc(C(F)(F)F)c1)NCC1(C)CCCO1.I. The fourth-order valence-corrected chi connectivity index (χ4v) is 2.57. The predicted molar refractivity (Wildman–Crippen MR) is 105 cm³/mol. The molecule has 0 spiro atoms. The number of halogens is 4. The van der Waals surface area contributed by atoms with Crippen LogP contribution in [0.4, 0.5) is 13.2 Å². The first kappa shape index (κ1) is 22.8. The lowest BCUT2D eigenvalue weighted by atomic mass is 10.0.